The van der Waals surface area contributed by atoms with Crippen molar-refractivity contribution in [2.45, 2.75) is 39.2 Å². The lowest BCUT2D eigenvalue weighted by atomic mass is 10.1. The van der Waals surface area contributed by atoms with E-state index in [-0.39, 0.29) is 6.04 Å². The van der Waals surface area contributed by atoms with Gasteiger partial charge in [0.05, 0.1) is 11.6 Å². The first kappa shape index (κ1) is 11.1. The molecule has 16 heavy (non-hydrogen) atoms. The maximum atomic E-state index is 6.07. The lowest BCUT2D eigenvalue weighted by Crippen LogP contribution is -2.11. The van der Waals surface area contributed by atoms with Gasteiger partial charge in [0, 0.05) is 6.20 Å². The number of nitrogens with one attached hydrogen (secondary N) is 1. The van der Waals surface area contributed by atoms with Gasteiger partial charge >= 0.3 is 0 Å². The molecule has 1 atom stereocenters. The number of pyridine rings is 1. The summed E-state index contributed by atoms with van der Waals surface area (Å²) in [6.07, 6.45) is 5.03. The molecule has 0 spiro atoms. The maximum Gasteiger partial charge on any atom is 0.178 e. The fraction of sp³-hybridized carbons (Fsp3) is 0.500. The van der Waals surface area contributed by atoms with Crippen LogP contribution in [0.15, 0.2) is 12.3 Å². The summed E-state index contributed by atoms with van der Waals surface area (Å²) in [6, 6.07) is 1.97. The van der Waals surface area contributed by atoms with Crippen molar-refractivity contribution in [2.24, 2.45) is 5.73 Å². The molecule has 0 amide bonds. The normalized spacial score (nSPS) is 13.2. The van der Waals surface area contributed by atoms with Crippen LogP contribution in [0.4, 0.5) is 0 Å². The quantitative estimate of drug-likeness (QED) is 0.828. The molecule has 2 aromatic heterocycles. The number of aromatic nitrogens is 3. The van der Waals surface area contributed by atoms with Crippen molar-refractivity contribution in [3.8, 4) is 0 Å². The molecule has 0 aliphatic carbocycles. The van der Waals surface area contributed by atoms with E-state index in [0.29, 0.717) is 0 Å². The molecule has 0 aliphatic rings. The average Bonchev–Trinajstić information content (AvgIpc) is 2.71. The minimum Gasteiger partial charge on any atom is -0.339 e. The van der Waals surface area contributed by atoms with Crippen molar-refractivity contribution in [3.05, 3.63) is 23.7 Å². The summed E-state index contributed by atoms with van der Waals surface area (Å²) in [7, 11) is 0. The molecular formula is C12H18N4. The Kier molecular flexibility index (Phi) is 3.19. The number of imidazole rings is 1. The summed E-state index contributed by atoms with van der Waals surface area (Å²) < 4.78 is 0. The largest absolute Gasteiger partial charge is 0.339 e. The predicted octanol–water partition coefficient (Wildman–Crippen LogP) is 2.46. The molecule has 2 aromatic rings. The third kappa shape index (κ3) is 2.07. The molecule has 3 N–H and O–H groups in total. The summed E-state index contributed by atoms with van der Waals surface area (Å²) in [4.78, 5) is 11.9. The highest BCUT2D eigenvalue weighted by atomic mass is 15.0. The minimum absolute atomic E-state index is 0.00597. The summed E-state index contributed by atoms with van der Waals surface area (Å²) >= 11 is 0. The van der Waals surface area contributed by atoms with Crippen LogP contribution in [0, 0.1) is 6.92 Å². The number of unbranched alkanes of at least 4 members (excludes halogenated alkanes) is 1. The van der Waals surface area contributed by atoms with Crippen molar-refractivity contribution < 1.29 is 0 Å². The van der Waals surface area contributed by atoms with Gasteiger partial charge in [-0.05, 0) is 25.0 Å². The maximum absolute atomic E-state index is 6.07. The fourth-order valence-electron chi connectivity index (χ4n) is 1.79. The van der Waals surface area contributed by atoms with E-state index < -0.39 is 0 Å². The SMILES string of the molecule is CCCCC(N)c1nc2nccc(C)c2[nH]1. The van der Waals surface area contributed by atoms with Gasteiger partial charge in [0.15, 0.2) is 5.65 Å². The zero-order chi connectivity index (χ0) is 11.5. The monoisotopic (exact) mass is 218 g/mol. The molecular weight excluding hydrogens is 200 g/mol. The van der Waals surface area contributed by atoms with E-state index in [0.717, 1.165) is 41.8 Å². The smallest absolute Gasteiger partial charge is 0.178 e. The topological polar surface area (TPSA) is 67.6 Å². The van der Waals surface area contributed by atoms with Gasteiger partial charge in [-0.15, -0.1) is 0 Å². The summed E-state index contributed by atoms with van der Waals surface area (Å²) in [6.45, 7) is 4.21. The Bertz CT molecular complexity index is 475. The van der Waals surface area contributed by atoms with E-state index >= 15 is 0 Å². The molecule has 2 heterocycles. The molecule has 0 fully saturated rings. The number of nitrogens with zero attached hydrogens (tertiary/aromatic N) is 2. The summed E-state index contributed by atoms with van der Waals surface area (Å²) in [5.74, 6) is 0.852. The highest BCUT2D eigenvalue weighted by Crippen LogP contribution is 2.19. The first-order valence-corrected chi connectivity index (χ1v) is 5.79. The number of hydrogen-bond donors (Lipinski definition) is 2. The van der Waals surface area contributed by atoms with Crippen molar-refractivity contribution in [2.75, 3.05) is 0 Å². The van der Waals surface area contributed by atoms with Crippen LogP contribution in [0.25, 0.3) is 11.2 Å². The second-order valence-corrected chi connectivity index (χ2v) is 4.20. The molecule has 2 rings (SSSR count). The Labute approximate surface area is 95.3 Å². The van der Waals surface area contributed by atoms with E-state index in [2.05, 4.69) is 21.9 Å². The van der Waals surface area contributed by atoms with E-state index in [1.807, 2.05) is 13.0 Å². The third-order valence-corrected chi connectivity index (χ3v) is 2.84. The van der Waals surface area contributed by atoms with Crippen molar-refractivity contribution in [3.63, 3.8) is 0 Å². The summed E-state index contributed by atoms with van der Waals surface area (Å²) in [5, 5.41) is 0. The van der Waals surface area contributed by atoms with Gasteiger partial charge in [-0.3, -0.25) is 0 Å². The first-order valence-electron chi connectivity index (χ1n) is 5.79. The molecule has 0 saturated heterocycles. The molecule has 0 aromatic carbocycles. The Balaban J connectivity index is 2.29. The number of hydrogen-bond acceptors (Lipinski definition) is 3. The van der Waals surface area contributed by atoms with Gasteiger partial charge in [-0.25, -0.2) is 9.97 Å². The molecule has 86 valence electrons. The van der Waals surface area contributed by atoms with Crippen molar-refractivity contribution in [1.82, 2.24) is 15.0 Å². The van der Waals surface area contributed by atoms with E-state index in [9.17, 15) is 0 Å². The lowest BCUT2D eigenvalue weighted by Gasteiger charge is -2.06. The van der Waals surface area contributed by atoms with Crippen LogP contribution >= 0.6 is 0 Å². The number of rotatable bonds is 4. The van der Waals surface area contributed by atoms with Crippen LogP contribution in [-0.4, -0.2) is 15.0 Å². The van der Waals surface area contributed by atoms with Crippen LogP contribution in [0.1, 0.15) is 43.6 Å². The molecule has 0 radical (unpaired) electrons. The zero-order valence-electron chi connectivity index (χ0n) is 9.83. The number of aromatic amines is 1. The van der Waals surface area contributed by atoms with Crippen LogP contribution in [0.2, 0.25) is 0 Å². The van der Waals surface area contributed by atoms with Crippen molar-refractivity contribution >= 4 is 11.2 Å². The molecule has 1 unspecified atom stereocenters. The molecule has 0 saturated carbocycles. The van der Waals surface area contributed by atoms with Crippen LogP contribution < -0.4 is 5.73 Å². The highest BCUT2D eigenvalue weighted by Gasteiger charge is 2.12. The highest BCUT2D eigenvalue weighted by molar-refractivity contribution is 5.74. The molecule has 0 bridgehead atoms. The van der Waals surface area contributed by atoms with E-state index in [1.165, 1.54) is 0 Å². The Morgan fingerprint density at radius 3 is 3.00 bits per heavy atom. The second kappa shape index (κ2) is 4.61. The van der Waals surface area contributed by atoms with Gasteiger partial charge in [0.2, 0.25) is 0 Å². The van der Waals surface area contributed by atoms with Gasteiger partial charge in [0.25, 0.3) is 0 Å². The predicted molar refractivity (Wildman–Crippen MR) is 65.1 cm³/mol. The average molecular weight is 218 g/mol. The third-order valence-electron chi connectivity index (χ3n) is 2.84. The van der Waals surface area contributed by atoms with E-state index in [1.54, 1.807) is 6.20 Å². The molecule has 4 heteroatoms. The summed E-state index contributed by atoms with van der Waals surface area (Å²) in [5.41, 5.74) is 9.00. The van der Waals surface area contributed by atoms with Crippen LogP contribution in [-0.2, 0) is 0 Å². The van der Waals surface area contributed by atoms with Gasteiger partial charge in [-0.1, -0.05) is 19.8 Å². The van der Waals surface area contributed by atoms with Crippen molar-refractivity contribution in [1.29, 1.82) is 0 Å². The number of H-pyrrole nitrogens is 1. The Hall–Kier alpha value is -1.42. The zero-order valence-corrected chi connectivity index (χ0v) is 9.83. The number of nitrogens with two attached hydrogens (primary N) is 1. The fourth-order valence-corrected chi connectivity index (χ4v) is 1.79. The standard InChI is InChI=1S/C12H18N4/c1-3-4-5-9(13)11-15-10-8(2)6-7-14-12(10)16-11/h6-7,9H,3-5,13H2,1-2H3,(H,14,15,16). The van der Waals surface area contributed by atoms with Gasteiger partial charge in [0.1, 0.15) is 5.82 Å². The van der Waals surface area contributed by atoms with E-state index in [4.69, 9.17) is 5.73 Å². The first-order chi connectivity index (χ1) is 7.72. The number of aryl methyl sites for hydroxylation is 1. The lowest BCUT2D eigenvalue weighted by molar-refractivity contribution is 0.581. The Morgan fingerprint density at radius 2 is 2.31 bits per heavy atom. The second-order valence-electron chi connectivity index (χ2n) is 4.20. The van der Waals surface area contributed by atoms with Crippen LogP contribution in [0.3, 0.4) is 0 Å². The minimum atomic E-state index is -0.00597. The van der Waals surface area contributed by atoms with Gasteiger partial charge < -0.3 is 10.7 Å². The van der Waals surface area contributed by atoms with Crippen LogP contribution in [0.5, 0.6) is 0 Å². The molecule has 4 nitrogen and oxygen atoms in total. The van der Waals surface area contributed by atoms with Gasteiger partial charge in [-0.2, -0.15) is 0 Å². The number of fused-ring (bicyclic) bond motifs is 1. The molecule has 0 aliphatic heterocycles. The Morgan fingerprint density at radius 1 is 1.50 bits per heavy atom.